The molecular formula is C31H34F2N4O4S. The van der Waals surface area contributed by atoms with Crippen LogP contribution in [0, 0.1) is 11.6 Å². The molecule has 2 heterocycles. The number of aromatic nitrogens is 1. The van der Waals surface area contributed by atoms with Crippen LogP contribution in [0.15, 0.2) is 65.6 Å². The number of hydrogen-bond donors (Lipinski definition) is 3. The van der Waals surface area contributed by atoms with Crippen LogP contribution in [0.3, 0.4) is 0 Å². The summed E-state index contributed by atoms with van der Waals surface area (Å²) in [6, 6.07) is 14.5. The third-order valence-corrected chi connectivity index (χ3v) is 8.72. The van der Waals surface area contributed by atoms with Crippen LogP contribution in [-0.2, 0) is 20.2 Å². The number of aromatic amines is 1. The van der Waals surface area contributed by atoms with Crippen molar-refractivity contribution in [2.75, 3.05) is 44.1 Å². The Labute approximate surface area is 244 Å². The smallest absolute Gasteiger partial charge is 0.268 e. The first-order chi connectivity index (χ1) is 19.9. The van der Waals surface area contributed by atoms with Gasteiger partial charge in [-0.2, -0.15) is 0 Å². The van der Waals surface area contributed by atoms with Crippen LogP contribution in [0.25, 0.3) is 22.0 Å². The minimum atomic E-state index is -3.94. The summed E-state index contributed by atoms with van der Waals surface area (Å²) in [4.78, 5) is 18.6. The summed E-state index contributed by atoms with van der Waals surface area (Å²) in [5.41, 5.74) is 1.90. The van der Waals surface area contributed by atoms with E-state index in [9.17, 15) is 17.6 Å². The Bertz CT molecular complexity index is 1710. The van der Waals surface area contributed by atoms with Crippen LogP contribution in [-0.4, -0.2) is 63.6 Å². The summed E-state index contributed by atoms with van der Waals surface area (Å²) in [6.45, 7) is 9.93. The third kappa shape index (κ3) is 6.48. The first kappa shape index (κ1) is 29.7. The topological polar surface area (TPSA) is 104 Å². The third-order valence-electron chi connectivity index (χ3n) is 7.33. The van der Waals surface area contributed by atoms with Gasteiger partial charge in [0.15, 0.2) is 0 Å². The van der Waals surface area contributed by atoms with Gasteiger partial charge < -0.3 is 15.0 Å². The fourth-order valence-corrected chi connectivity index (χ4v) is 6.04. The van der Waals surface area contributed by atoms with Crippen molar-refractivity contribution in [1.82, 2.24) is 15.2 Å². The quantitative estimate of drug-likeness (QED) is 0.257. The van der Waals surface area contributed by atoms with Crippen molar-refractivity contribution >= 4 is 32.5 Å². The Hall–Kier alpha value is -3.80. The largest absolute Gasteiger partial charge is 0.379 e. The highest BCUT2D eigenvalue weighted by Gasteiger charge is 2.24. The normalized spacial score (nSPS) is 14.7. The number of sulfonamides is 1. The Morgan fingerprint density at radius 1 is 1.00 bits per heavy atom. The number of ether oxygens (including phenoxy) is 1. The molecule has 3 aromatic carbocycles. The number of nitrogens with zero attached hydrogens (tertiary/aromatic N) is 1. The van der Waals surface area contributed by atoms with Gasteiger partial charge in [-0.15, -0.1) is 0 Å². The van der Waals surface area contributed by atoms with Crippen molar-refractivity contribution in [3.8, 4) is 11.1 Å². The average molecular weight is 597 g/mol. The average Bonchev–Trinajstić information content (AvgIpc) is 3.32. The first-order valence-electron chi connectivity index (χ1n) is 13.8. The minimum Gasteiger partial charge on any atom is -0.379 e. The predicted octanol–water partition coefficient (Wildman–Crippen LogP) is 5.27. The van der Waals surface area contributed by atoms with Crippen LogP contribution in [0.4, 0.5) is 14.5 Å². The number of H-pyrrole nitrogens is 1. The number of fused-ring (bicyclic) bond motifs is 1. The second kappa shape index (κ2) is 11.8. The lowest BCUT2D eigenvalue weighted by atomic mass is 9.87. The summed E-state index contributed by atoms with van der Waals surface area (Å²) >= 11 is 0. The monoisotopic (exact) mass is 596 g/mol. The van der Waals surface area contributed by atoms with E-state index in [-0.39, 0.29) is 32.8 Å². The van der Waals surface area contributed by atoms with Gasteiger partial charge >= 0.3 is 0 Å². The number of anilines is 1. The Morgan fingerprint density at radius 3 is 2.38 bits per heavy atom. The molecule has 3 N–H and O–H groups in total. The highest BCUT2D eigenvalue weighted by Crippen LogP contribution is 2.36. The van der Waals surface area contributed by atoms with Crippen molar-refractivity contribution in [3.05, 3.63) is 83.6 Å². The lowest BCUT2D eigenvalue weighted by Gasteiger charge is -2.26. The molecule has 0 aliphatic carbocycles. The van der Waals surface area contributed by atoms with E-state index in [1.54, 1.807) is 36.4 Å². The van der Waals surface area contributed by atoms with Gasteiger partial charge in [-0.25, -0.2) is 17.2 Å². The number of hydrogen-bond acceptors (Lipinski definition) is 5. The Morgan fingerprint density at radius 2 is 1.71 bits per heavy atom. The number of rotatable bonds is 8. The molecule has 0 bridgehead atoms. The van der Waals surface area contributed by atoms with E-state index in [0.717, 1.165) is 30.8 Å². The summed E-state index contributed by atoms with van der Waals surface area (Å²) in [5, 5.41) is 3.28. The maximum Gasteiger partial charge on any atom is 0.268 e. The highest BCUT2D eigenvalue weighted by atomic mass is 32.2. The highest BCUT2D eigenvalue weighted by molar-refractivity contribution is 7.92. The first-order valence-corrected chi connectivity index (χ1v) is 15.2. The van der Waals surface area contributed by atoms with E-state index in [1.807, 2.05) is 20.8 Å². The minimum absolute atomic E-state index is 0.0127. The second-order valence-electron chi connectivity index (χ2n) is 11.3. The molecule has 0 spiro atoms. The summed E-state index contributed by atoms with van der Waals surface area (Å²) in [7, 11) is -3.94. The van der Waals surface area contributed by atoms with E-state index >= 15 is 4.39 Å². The zero-order valence-electron chi connectivity index (χ0n) is 23.8. The zero-order chi connectivity index (χ0) is 30.1. The number of halogens is 2. The molecule has 0 radical (unpaired) electrons. The van der Waals surface area contributed by atoms with E-state index in [1.165, 1.54) is 12.1 Å². The standard InChI is InChI=1S/C31H34F2N4O4S/c1-31(2,3)20-4-8-23(9-5-20)42(39,40)36-22-7-11-27-25(19-22)28(24-10-6-21(32)18-26(24)33)29(35-27)30(38)34-12-13-37-14-16-41-17-15-37/h4-11,18-19,35-36H,12-17H2,1-3H3,(H,34,38). The van der Waals surface area contributed by atoms with Crippen molar-refractivity contribution in [2.24, 2.45) is 0 Å². The van der Waals surface area contributed by atoms with Crippen molar-refractivity contribution in [3.63, 3.8) is 0 Å². The Kier molecular flexibility index (Phi) is 8.36. The van der Waals surface area contributed by atoms with Crippen LogP contribution in [0.1, 0.15) is 36.8 Å². The molecule has 1 aliphatic rings. The maximum absolute atomic E-state index is 15.1. The molecule has 0 unspecified atom stereocenters. The molecule has 1 saturated heterocycles. The molecule has 0 saturated carbocycles. The molecule has 222 valence electrons. The van der Waals surface area contributed by atoms with Crippen LogP contribution >= 0.6 is 0 Å². The molecular weight excluding hydrogens is 562 g/mol. The van der Waals surface area contributed by atoms with Crippen LogP contribution in [0.5, 0.6) is 0 Å². The van der Waals surface area contributed by atoms with Gasteiger partial charge in [0.25, 0.3) is 15.9 Å². The molecule has 5 rings (SSSR count). The number of carbonyl (C=O) groups is 1. The van der Waals surface area contributed by atoms with Gasteiger partial charge in [0.05, 0.1) is 18.1 Å². The summed E-state index contributed by atoms with van der Waals surface area (Å²) in [6.07, 6.45) is 0. The fourth-order valence-electron chi connectivity index (χ4n) is 4.99. The molecule has 0 atom stereocenters. The van der Waals surface area contributed by atoms with Crippen LogP contribution in [0.2, 0.25) is 0 Å². The number of carbonyl (C=O) groups excluding carboxylic acids is 1. The summed E-state index contributed by atoms with van der Waals surface area (Å²) in [5.74, 6) is -2.05. The van der Waals surface area contributed by atoms with Gasteiger partial charge in [-0.3, -0.25) is 14.4 Å². The molecule has 42 heavy (non-hydrogen) atoms. The van der Waals surface area contributed by atoms with E-state index in [4.69, 9.17) is 4.74 Å². The lowest BCUT2D eigenvalue weighted by Crippen LogP contribution is -2.41. The second-order valence-corrected chi connectivity index (χ2v) is 13.0. The summed E-state index contributed by atoms with van der Waals surface area (Å²) < 4.78 is 63.2. The fraction of sp³-hybridized carbons (Fsp3) is 0.323. The van der Waals surface area contributed by atoms with E-state index < -0.39 is 27.6 Å². The van der Waals surface area contributed by atoms with Gasteiger partial charge in [0.1, 0.15) is 17.3 Å². The maximum atomic E-state index is 15.1. The van der Waals surface area contributed by atoms with Crippen molar-refractivity contribution in [1.29, 1.82) is 0 Å². The Balaban J connectivity index is 1.47. The number of morpholine rings is 1. The van der Waals surface area contributed by atoms with Gasteiger partial charge in [0.2, 0.25) is 0 Å². The van der Waals surface area contributed by atoms with Crippen molar-refractivity contribution < 1.29 is 26.7 Å². The number of amides is 1. The molecule has 1 aliphatic heterocycles. The van der Waals surface area contributed by atoms with E-state index in [0.29, 0.717) is 37.2 Å². The lowest BCUT2D eigenvalue weighted by molar-refractivity contribution is 0.0383. The van der Waals surface area contributed by atoms with Gasteiger partial charge in [0, 0.05) is 60.0 Å². The molecule has 1 amide bonds. The molecule has 11 heteroatoms. The predicted molar refractivity (Wildman–Crippen MR) is 159 cm³/mol. The van der Waals surface area contributed by atoms with Crippen LogP contribution < -0.4 is 10.0 Å². The van der Waals surface area contributed by atoms with Gasteiger partial charge in [-0.05, 0) is 53.4 Å². The number of nitrogens with one attached hydrogen (secondary N) is 3. The van der Waals surface area contributed by atoms with E-state index in [2.05, 4.69) is 19.9 Å². The van der Waals surface area contributed by atoms with Gasteiger partial charge in [-0.1, -0.05) is 32.9 Å². The molecule has 1 aromatic heterocycles. The SMILES string of the molecule is CC(C)(C)c1ccc(S(=O)(=O)Nc2ccc3[nH]c(C(=O)NCCN4CCOCC4)c(-c4ccc(F)cc4F)c3c2)cc1. The molecule has 4 aromatic rings. The zero-order valence-corrected chi connectivity index (χ0v) is 24.6. The van der Waals surface area contributed by atoms with Crippen molar-refractivity contribution in [2.45, 2.75) is 31.1 Å². The number of benzene rings is 3. The molecule has 8 nitrogen and oxygen atoms in total. The molecule has 1 fully saturated rings.